The fourth-order valence-electron chi connectivity index (χ4n) is 4.32. The minimum atomic E-state index is -0.528. The van der Waals surface area contributed by atoms with Crippen molar-refractivity contribution in [3.05, 3.63) is 58.2 Å². The lowest BCUT2D eigenvalue weighted by Crippen LogP contribution is -2.47. The highest BCUT2D eigenvalue weighted by Gasteiger charge is 2.41. The standard InChI is InChI=1S/C23H28BrN3O2/c24-20-7-5-19(6-8-20)23(10-14-29-15-11-23)22(28)26-17-18-4-9-21(25-16-18)27-12-2-1-3-13-27/h4-9,16H,1-3,10-15,17H2,(H,26,28). The van der Waals surface area contributed by atoms with Gasteiger partial charge in [-0.3, -0.25) is 4.79 Å². The molecule has 0 saturated carbocycles. The fourth-order valence-corrected chi connectivity index (χ4v) is 4.58. The number of aromatic nitrogens is 1. The van der Waals surface area contributed by atoms with E-state index in [1.54, 1.807) is 0 Å². The second-order valence-electron chi connectivity index (χ2n) is 7.96. The minimum absolute atomic E-state index is 0.0724. The number of rotatable bonds is 5. The van der Waals surface area contributed by atoms with Crippen molar-refractivity contribution in [1.82, 2.24) is 10.3 Å². The monoisotopic (exact) mass is 457 g/mol. The third kappa shape index (κ3) is 4.64. The number of hydrogen-bond donors (Lipinski definition) is 1. The Balaban J connectivity index is 1.43. The van der Waals surface area contributed by atoms with Gasteiger partial charge in [-0.25, -0.2) is 4.98 Å². The lowest BCUT2D eigenvalue weighted by atomic mass is 9.73. The number of amides is 1. The summed E-state index contributed by atoms with van der Waals surface area (Å²) in [5, 5.41) is 3.16. The third-order valence-corrected chi connectivity index (χ3v) is 6.65. The predicted octanol–water partition coefficient (Wildman–Crippen LogP) is 4.20. The summed E-state index contributed by atoms with van der Waals surface area (Å²) >= 11 is 3.48. The molecule has 1 amide bonds. The number of carbonyl (C=O) groups excluding carboxylic acids is 1. The van der Waals surface area contributed by atoms with E-state index in [4.69, 9.17) is 4.74 Å². The zero-order chi connectivity index (χ0) is 20.1. The molecule has 0 atom stereocenters. The lowest BCUT2D eigenvalue weighted by Gasteiger charge is -2.36. The van der Waals surface area contributed by atoms with Crippen LogP contribution >= 0.6 is 15.9 Å². The van der Waals surface area contributed by atoms with Gasteiger partial charge in [0, 0.05) is 43.5 Å². The summed E-state index contributed by atoms with van der Waals surface area (Å²) in [5.74, 6) is 1.11. The first-order chi connectivity index (χ1) is 14.2. The maximum absolute atomic E-state index is 13.3. The van der Waals surface area contributed by atoms with Crippen LogP contribution in [0.4, 0.5) is 5.82 Å². The maximum Gasteiger partial charge on any atom is 0.231 e. The van der Waals surface area contributed by atoms with E-state index in [1.165, 1.54) is 19.3 Å². The Morgan fingerprint density at radius 1 is 1.07 bits per heavy atom. The highest BCUT2D eigenvalue weighted by molar-refractivity contribution is 9.10. The number of nitrogens with zero attached hydrogens (tertiary/aromatic N) is 2. The molecule has 0 unspecified atom stereocenters. The van der Waals surface area contributed by atoms with E-state index in [2.05, 4.69) is 43.3 Å². The van der Waals surface area contributed by atoms with E-state index in [9.17, 15) is 4.79 Å². The Labute approximate surface area is 181 Å². The lowest BCUT2D eigenvalue weighted by molar-refractivity contribution is -0.130. The zero-order valence-corrected chi connectivity index (χ0v) is 18.3. The molecule has 0 bridgehead atoms. The summed E-state index contributed by atoms with van der Waals surface area (Å²) in [5.41, 5.74) is 1.55. The van der Waals surface area contributed by atoms with Crippen molar-refractivity contribution in [2.45, 2.75) is 44.1 Å². The van der Waals surface area contributed by atoms with Crippen molar-refractivity contribution in [3.8, 4) is 0 Å². The third-order valence-electron chi connectivity index (χ3n) is 6.12. The number of benzene rings is 1. The van der Waals surface area contributed by atoms with Gasteiger partial charge in [-0.15, -0.1) is 0 Å². The molecule has 2 fully saturated rings. The van der Waals surface area contributed by atoms with Crippen molar-refractivity contribution in [2.24, 2.45) is 0 Å². The van der Waals surface area contributed by atoms with E-state index in [-0.39, 0.29) is 5.91 Å². The van der Waals surface area contributed by atoms with Crippen LogP contribution in [0.15, 0.2) is 47.1 Å². The van der Waals surface area contributed by atoms with Crippen LogP contribution in [0.3, 0.4) is 0 Å². The highest BCUT2D eigenvalue weighted by atomic mass is 79.9. The molecular weight excluding hydrogens is 430 g/mol. The molecule has 4 rings (SSSR count). The Hall–Kier alpha value is -1.92. The number of halogens is 1. The molecular formula is C23H28BrN3O2. The Kier molecular flexibility index (Phi) is 6.50. The number of hydrogen-bond acceptors (Lipinski definition) is 4. The van der Waals surface area contributed by atoms with E-state index in [1.807, 2.05) is 30.5 Å². The highest BCUT2D eigenvalue weighted by Crippen LogP contribution is 2.36. The summed E-state index contributed by atoms with van der Waals surface area (Å²) in [4.78, 5) is 20.3. The van der Waals surface area contributed by atoms with Gasteiger partial charge in [0.15, 0.2) is 0 Å². The molecule has 2 aliphatic rings. The van der Waals surface area contributed by atoms with Gasteiger partial charge in [-0.2, -0.15) is 0 Å². The summed E-state index contributed by atoms with van der Waals surface area (Å²) in [6.45, 7) is 3.87. The summed E-state index contributed by atoms with van der Waals surface area (Å²) in [7, 11) is 0. The molecule has 0 aliphatic carbocycles. The molecule has 3 heterocycles. The van der Waals surface area contributed by atoms with E-state index < -0.39 is 5.41 Å². The smallest absolute Gasteiger partial charge is 0.231 e. The van der Waals surface area contributed by atoms with Crippen LogP contribution in [-0.2, 0) is 21.5 Å². The van der Waals surface area contributed by atoms with Gasteiger partial charge in [0.1, 0.15) is 5.82 Å². The van der Waals surface area contributed by atoms with Gasteiger partial charge in [0.2, 0.25) is 5.91 Å². The molecule has 1 aromatic heterocycles. The van der Waals surface area contributed by atoms with Crippen LogP contribution in [-0.4, -0.2) is 37.2 Å². The fraction of sp³-hybridized carbons (Fsp3) is 0.478. The van der Waals surface area contributed by atoms with Gasteiger partial charge < -0.3 is 15.0 Å². The number of nitrogens with one attached hydrogen (secondary N) is 1. The average Bonchev–Trinajstić information content (AvgIpc) is 2.79. The van der Waals surface area contributed by atoms with Crippen LogP contribution in [0.2, 0.25) is 0 Å². The topological polar surface area (TPSA) is 54.5 Å². The minimum Gasteiger partial charge on any atom is -0.381 e. The van der Waals surface area contributed by atoms with Crippen molar-refractivity contribution in [2.75, 3.05) is 31.2 Å². The van der Waals surface area contributed by atoms with Crippen molar-refractivity contribution in [1.29, 1.82) is 0 Å². The van der Waals surface area contributed by atoms with Crippen molar-refractivity contribution < 1.29 is 9.53 Å². The number of piperidine rings is 1. The zero-order valence-electron chi connectivity index (χ0n) is 16.7. The molecule has 6 heteroatoms. The summed E-state index contributed by atoms with van der Waals surface area (Å²) < 4.78 is 6.57. The number of anilines is 1. The molecule has 2 aromatic rings. The quantitative estimate of drug-likeness (QED) is 0.730. The molecule has 154 valence electrons. The first kappa shape index (κ1) is 20.4. The Morgan fingerprint density at radius 2 is 1.79 bits per heavy atom. The van der Waals surface area contributed by atoms with Gasteiger partial charge in [0.05, 0.1) is 5.41 Å². The molecule has 0 radical (unpaired) electrons. The average molecular weight is 458 g/mol. The molecule has 29 heavy (non-hydrogen) atoms. The van der Waals surface area contributed by atoms with Crippen LogP contribution < -0.4 is 10.2 Å². The molecule has 1 aromatic carbocycles. The molecule has 2 aliphatic heterocycles. The van der Waals surface area contributed by atoms with Crippen LogP contribution in [0.25, 0.3) is 0 Å². The van der Waals surface area contributed by atoms with Crippen LogP contribution in [0.1, 0.15) is 43.2 Å². The second-order valence-corrected chi connectivity index (χ2v) is 8.87. The first-order valence-corrected chi connectivity index (χ1v) is 11.3. The largest absolute Gasteiger partial charge is 0.381 e. The summed E-state index contributed by atoms with van der Waals surface area (Å²) in [6, 6.07) is 12.2. The normalized spacial score (nSPS) is 19.0. The van der Waals surface area contributed by atoms with Gasteiger partial charge >= 0.3 is 0 Å². The summed E-state index contributed by atoms with van der Waals surface area (Å²) in [6.07, 6.45) is 7.08. The Morgan fingerprint density at radius 3 is 2.45 bits per heavy atom. The Bertz CT molecular complexity index is 811. The number of carbonyl (C=O) groups is 1. The first-order valence-electron chi connectivity index (χ1n) is 10.5. The van der Waals surface area contributed by atoms with Crippen molar-refractivity contribution in [3.63, 3.8) is 0 Å². The van der Waals surface area contributed by atoms with E-state index in [0.717, 1.165) is 34.5 Å². The molecule has 0 spiro atoms. The van der Waals surface area contributed by atoms with Crippen LogP contribution in [0, 0.1) is 0 Å². The SMILES string of the molecule is O=C(NCc1ccc(N2CCCCC2)nc1)C1(c2ccc(Br)cc2)CCOCC1. The van der Waals surface area contributed by atoms with Gasteiger partial charge in [-0.05, 0) is 61.4 Å². The van der Waals surface area contributed by atoms with Gasteiger partial charge in [0.25, 0.3) is 0 Å². The molecule has 5 nitrogen and oxygen atoms in total. The van der Waals surface area contributed by atoms with Crippen LogP contribution in [0.5, 0.6) is 0 Å². The number of pyridine rings is 1. The number of ether oxygens (including phenoxy) is 1. The predicted molar refractivity (Wildman–Crippen MR) is 118 cm³/mol. The maximum atomic E-state index is 13.3. The molecule has 1 N–H and O–H groups in total. The van der Waals surface area contributed by atoms with Crippen molar-refractivity contribution >= 4 is 27.7 Å². The van der Waals surface area contributed by atoms with Gasteiger partial charge in [-0.1, -0.05) is 34.1 Å². The molecule has 2 saturated heterocycles. The second kappa shape index (κ2) is 9.26. The van der Waals surface area contributed by atoms with E-state index >= 15 is 0 Å². The van der Waals surface area contributed by atoms with E-state index in [0.29, 0.717) is 32.6 Å².